The Bertz CT molecular complexity index is 1300. The van der Waals surface area contributed by atoms with E-state index in [1.807, 2.05) is 24.3 Å². The molecule has 0 atom stereocenters. The number of amides is 1. The van der Waals surface area contributed by atoms with Gasteiger partial charge in [-0.05, 0) is 29.8 Å². The molecular formula is C28H25N3O3S. The van der Waals surface area contributed by atoms with Crippen molar-refractivity contribution in [3.63, 3.8) is 0 Å². The van der Waals surface area contributed by atoms with Gasteiger partial charge in [0.05, 0.1) is 5.69 Å². The lowest BCUT2D eigenvalue weighted by molar-refractivity contribution is -0.118. The van der Waals surface area contributed by atoms with Crippen LogP contribution in [0.4, 0.5) is 5.13 Å². The highest BCUT2D eigenvalue weighted by Gasteiger charge is 2.21. The number of nitrogens with one attached hydrogen (secondary N) is 1. The number of hydrogen-bond donors (Lipinski definition) is 1. The summed E-state index contributed by atoms with van der Waals surface area (Å²) in [7, 11) is 0. The second-order valence-corrected chi connectivity index (χ2v) is 9.48. The Balaban J connectivity index is 1.12. The predicted molar refractivity (Wildman–Crippen MR) is 137 cm³/mol. The van der Waals surface area contributed by atoms with Gasteiger partial charge in [0.15, 0.2) is 17.5 Å². The average molecular weight is 484 g/mol. The van der Waals surface area contributed by atoms with Crippen molar-refractivity contribution < 1.29 is 14.3 Å². The zero-order valence-corrected chi connectivity index (χ0v) is 20.0. The topological polar surface area (TPSA) is 71.5 Å². The average Bonchev–Trinajstić information content (AvgIpc) is 3.30. The Morgan fingerprint density at radius 3 is 2.34 bits per heavy atom. The third kappa shape index (κ3) is 5.82. The molecule has 0 spiro atoms. The molecular weight excluding hydrogens is 458 g/mol. The Labute approximate surface area is 208 Å². The van der Waals surface area contributed by atoms with Crippen LogP contribution in [0.15, 0.2) is 84.9 Å². The van der Waals surface area contributed by atoms with Crippen LogP contribution in [-0.2, 0) is 24.3 Å². The van der Waals surface area contributed by atoms with E-state index in [4.69, 9.17) is 4.74 Å². The molecule has 1 amide bonds. The van der Waals surface area contributed by atoms with Gasteiger partial charge in [0.25, 0.3) is 5.91 Å². The first-order chi connectivity index (χ1) is 17.1. The van der Waals surface area contributed by atoms with E-state index >= 15 is 0 Å². The minimum absolute atomic E-state index is 0.0510. The molecule has 0 unspecified atom stereocenters. The molecule has 35 heavy (non-hydrogen) atoms. The number of aromatic nitrogens is 1. The van der Waals surface area contributed by atoms with E-state index in [9.17, 15) is 9.59 Å². The first kappa shape index (κ1) is 23.0. The smallest absolute Gasteiger partial charge is 0.264 e. The SMILES string of the molecule is O=C(COc1ccc(C(=O)c2ccccc2)cc1)Nc1nc2c(s1)CN(Cc1ccccc1)CC2. The van der Waals surface area contributed by atoms with Crippen LogP contribution in [0.1, 0.15) is 32.1 Å². The molecule has 2 heterocycles. The molecule has 3 aromatic carbocycles. The molecule has 1 aliphatic heterocycles. The van der Waals surface area contributed by atoms with Gasteiger partial charge in [-0.1, -0.05) is 60.7 Å². The summed E-state index contributed by atoms with van der Waals surface area (Å²) in [5, 5.41) is 3.46. The lowest BCUT2D eigenvalue weighted by Crippen LogP contribution is -2.29. The minimum Gasteiger partial charge on any atom is -0.484 e. The molecule has 7 heteroatoms. The summed E-state index contributed by atoms with van der Waals surface area (Å²) >= 11 is 1.52. The van der Waals surface area contributed by atoms with Crippen LogP contribution in [-0.4, -0.2) is 34.7 Å². The van der Waals surface area contributed by atoms with Gasteiger partial charge in [0.2, 0.25) is 0 Å². The normalized spacial score (nSPS) is 13.1. The first-order valence-electron chi connectivity index (χ1n) is 11.5. The maximum absolute atomic E-state index is 12.5. The van der Waals surface area contributed by atoms with Crippen molar-refractivity contribution in [1.82, 2.24) is 9.88 Å². The van der Waals surface area contributed by atoms with Crippen LogP contribution in [0.3, 0.4) is 0 Å². The molecule has 1 aliphatic rings. The highest BCUT2D eigenvalue weighted by molar-refractivity contribution is 7.15. The zero-order valence-electron chi connectivity index (χ0n) is 19.1. The standard InChI is InChI=1S/C28H25N3O3S/c32-26(19-34-23-13-11-22(12-14-23)27(33)21-9-5-2-6-10-21)30-28-29-24-15-16-31(18-25(24)35-28)17-20-7-3-1-4-8-20/h1-14H,15-19H2,(H,29,30,32). The Kier molecular flexibility index (Phi) is 6.97. The third-order valence-corrected chi connectivity index (χ3v) is 6.83. The van der Waals surface area contributed by atoms with E-state index in [0.29, 0.717) is 22.0 Å². The number of ether oxygens (including phenoxy) is 1. The molecule has 0 saturated carbocycles. The number of rotatable bonds is 8. The number of hydrogen-bond acceptors (Lipinski definition) is 6. The molecule has 176 valence electrons. The van der Waals surface area contributed by atoms with E-state index < -0.39 is 0 Å². The van der Waals surface area contributed by atoms with Crippen LogP contribution in [0.5, 0.6) is 5.75 Å². The number of anilines is 1. The number of benzene rings is 3. The van der Waals surface area contributed by atoms with Crippen molar-refractivity contribution in [2.45, 2.75) is 19.5 Å². The van der Waals surface area contributed by atoms with Crippen molar-refractivity contribution in [3.05, 3.63) is 112 Å². The number of carbonyl (C=O) groups is 2. The number of ketones is 1. The monoisotopic (exact) mass is 483 g/mol. The lowest BCUT2D eigenvalue weighted by Gasteiger charge is -2.25. The Morgan fingerprint density at radius 2 is 1.60 bits per heavy atom. The summed E-state index contributed by atoms with van der Waals surface area (Å²) in [6, 6.07) is 26.4. The third-order valence-electron chi connectivity index (χ3n) is 5.83. The van der Waals surface area contributed by atoms with Gasteiger partial charge in [0, 0.05) is 42.1 Å². The molecule has 6 nitrogen and oxygen atoms in total. The van der Waals surface area contributed by atoms with Crippen LogP contribution >= 0.6 is 11.3 Å². The summed E-state index contributed by atoms with van der Waals surface area (Å²) in [5.41, 5.74) is 3.57. The zero-order chi connectivity index (χ0) is 24.0. The molecule has 1 aromatic heterocycles. The fraction of sp³-hybridized carbons (Fsp3) is 0.179. The Hall–Kier alpha value is -3.81. The van der Waals surface area contributed by atoms with E-state index in [1.165, 1.54) is 21.8 Å². The minimum atomic E-state index is -0.262. The van der Waals surface area contributed by atoms with Crippen molar-refractivity contribution in [3.8, 4) is 5.75 Å². The van der Waals surface area contributed by atoms with Gasteiger partial charge < -0.3 is 4.74 Å². The highest BCUT2D eigenvalue weighted by Crippen LogP contribution is 2.29. The highest BCUT2D eigenvalue weighted by atomic mass is 32.1. The van der Waals surface area contributed by atoms with Gasteiger partial charge >= 0.3 is 0 Å². The van der Waals surface area contributed by atoms with E-state index in [2.05, 4.69) is 39.5 Å². The van der Waals surface area contributed by atoms with Crippen LogP contribution in [0.25, 0.3) is 0 Å². The maximum Gasteiger partial charge on any atom is 0.264 e. The number of thiazole rings is 1. The van der Waals surface area contributed by atoms with E-state index in [1.54, 1.807) is 36.4 Å². The van der Waals surface area contributed by atoms with Gasteiger partial charge in [-0.3, -0.25) is 19.8 Å². The summed E-state index contributed by atoms with van der Waals surface area (Å²) in [6.45, 7) is 2.56. The summed E-state index contributed by atoms with van der Waals surface area (Å²) in [4.78, 5) is 33.1. The first-order valence-corrected chi connectivity index (χ1v) is 12.3. The molecule has 0 radical (unpaired) electrons. The summed E-state index contributed by atoms with van der Waals surface area (Å²) < 4.78 is 5.61. The van der Waals surface area contributed by atoms with Crippen molar-refractivity contribution in [2.24, 2.45) is 0 Å². The van der Waals surface area contributed by atoms with Crippen molar-refractivity contribution >= 4 is 28.2 Å². The van der Waals surface area contributed by atoms with Gasteiger partial charge in [-0.25, -0.2) is 4.98 Å². The lowest BCUT2D eigenvalue weighted by atomic mass is 10.0. The summed E-state index contributed by atoms with van der Waals surface area (Å²) in [6.07, 6.45) is 0.874. The number of nitrogens with zero attached hydrogens (tertiary/aromatic N) is 2. The molecule has 0 fully saturated rings. The van der Waals surface area contributed by atoms with E-state index in [0.717, 1.165) is 31.7 Å². The van der Waals surface area contributed by atoms with Crippen molar-refractivity contribution in [1.29, 1.82) is 0 Å². The quantitative estimate of drug-likeness (QED) is 0.359. The molecule has 0 aliphatic carbocycles. The van der Waals surface area contributed by atoms with Crippen LogP contribution in [0.2, 0.25) is 0 Å². The van der Waals surface area contributed by atoms with E-state index in [-0.39, 0.29) is 18.3 Å². The largest absolute Gasteiger partial charge is 0.484 e. The second kappa shape index (κ2) is 10.6. The molecule has 4 aromatic rings. The number of fused-ring (bicyclic) bond motifs is 1. The maximum atomic E-state index is 12.5. The molecule has 0 bridgehead atoms. The molecule has 5 rings (SSSR count). The van der Waals surface area contributed by atoms with Crippen LogP contribution < -0.4 is 10.1 Å². The number of carbonyl (C=O) groups excluding carboxylic acids is 2. The fourth-order valence-electron chi connectivity index (χ4n) is 4.04. The molecule has 0 saturated heterocycles. The second-order valence-electron chi connectivity index (χ2n) is 8.39. The predicted octanol–water partition coefficient (Wildman–Crippen LogP) is 4.95. The molecule has 1 N–H and O–H groups in total. The van der Waals surface area contributed by atoms with Gasteiger partial charge in [0.1, 0.15) is 5.75 Å². The summed E-state index contributed by atoms with van der Waals surface area (Å²) in [5.74, 6) is 0.214. The van der Waals surface area contributed by atoms with Gasteiger partial charge in [-0.15, -0.1) is 11.3 Å². The Morgan fingerprint density at radius 1 is 0.914 bits per heavy atom. The van der Waals surface area contributed by atoms with Gasteiger partial charge in [-0.2, -0.15) is 0 Å². The van der Waals surface area contributed by atoms with Crippen molar-refractivity contribution in [2.75, 3.05) is 18.5 Å². The fourth-order valence-corrected chi connectivity index (χ4v) is 5.11. The van der Waals surface area contributed by atoms with Crippen LogP contribution in [0, 0.1) is 0 Å².